The van der Waals surface area contributed by atoms with Gasteiger partial charge in [-0.15, -0.1) is 0 Å². The Labute approximate surface area is 174 Å². The summed E-state index contributed by atoms with van der Waals surface area (Å²) >= 11 is 0. The topological polar surface area (TPSA) is 59.4 Å². The zero-order valence-electron chi connectivity index (χ0n) is 18.4. The summed E-state index contributed by atoms with van der Waals surface area (Å²) in [6, 6.07) is 8.15. The fourth-order valence-corrected chi connectivity index (χ4v) is 3.43. The van der Waals surface area contributed by atoms with E-state index in [0.29, 0.717) is 38.6 Å². The van der Waals surface area contributed by atoms with Crippen LogP contribution in [0.2, 0.25) is 0 Å². The molecule has 2 heterocycles. The molecule has 0 radical (unpaired) electrons. The molecule has 0 unspecified atom stereocenters. The van der Waals surface area contributed by atoms with E-state index >= 15 is 0 Å². The molecule has 1 saturated heterocycles. The summed E-state index contributed by atoms with van der Waals surface area (Å²) in [5.41, 5.74) is 4.42. The van der Waals surface area contributed by atoms with E-state index in [1.54, 1.807) is 0 Å². The second-order valence-electron chi connectivity index (χ2n) is 9.03. The smallest absolute Gasteiger partial charge is 0.227 e. The van der Waals surface area contributed by atoms with E-state index in [-0.39, 0.29) is 11.4 Å². The van der Waals surface area contributed by atoms with Gasteiger partial charge in [-0.05, 0) is 44.4 Å². The summed E-state index contributed by atoms with van der Waals surface area (Å²) in [5.74, 6) is 0.550. The highest BCUT2D eigenvalue weighted by atomic mass is 16.5. The molecule has 0 saturated carbocycles. The maximum absolute atomic E-state index is 12.4. The molecule has 0 atom stereocenters. The lowest BCUT2D eigenvalue weighted by molar-refractivity contribution is -0.134. The van der Waals surface area contributed by atoms with Crippen molar-refractivity contribution in [3.05, 3.63) is 47.3 Å². The van der Waals surface area contributed by atoms with Crippen molar-refractivity contribution < 1.29 is 9.53 Å². The first kappa shape index (κ1) is 21.4. The minimum Gasteiger partial charge on any atom is -0.381 e. The van der Waals surface area contributed by atoms with Gasteiger partial charge in [-0.25, -0.2) is 0 Å². The monoisotopic (exact) mass is 398 g/mol. The van der Waals surface area contributed by atoms with E-state index < -0.39 is 0 Å². The second kappa shape index (κ2) is 8.99. The first-order valence-corrected chi connectivity index (χ1v) is 10.5. The van der Waals surface area contributed by atoms with Gasteiger partial charge in [0.05, 0.1) is 30.9 Å². The summed E-state index contributed by atoms with van der Waals surface area (Å²) < 4.78 is 7.37. The Kier molecular flexibility index (Phi) is 6.63. The van der Waals surface area contributed by atoms with Crippen molar-refractivity contribution in [1.29, 1.82) is 0 Å². The number of nitrogens with one attached hydrogen (secondary N) is 1. The van der Waals surface area contributed by atoms with Crippen LogP contribution in [0.15, 0.2) is 30.5 Å². The van der Waals surface area contributed by atoms with Gasteiger partial charge in [-0.3, -0.25) is 9.48 Å². The van der Waals surface area contributed by atoms with Crippen molar-refractivity contribution in [2.75, 3.05) is 31.6 Å². The maximum Gasteiger partial charge on any atom is 0.227 e. The molecule has 2 aromatic rings. The molecule has 6 nitrogen and oxygen atoms in total. The number of hydrogen-bond donors (Lipinski definition) is 1. The molecule has 1 N–H and O–H groups in total. The van der Waals surface area contributed by atoms with E-state index in [9.17, 15) is 4.79 Å². The Morgan fingerprint density at radius 3 is 2.41 bits per heavy atom. The van der Waals surface area contributed by atoms with Gasteiger partial charge in [0, 0.05) is 37.1 Å². The van der Waals surface area contributed by atoms with Crippen LogP contribution in [0.1, 0.15) is 57.4 Å². The Morgan fingerprint density at radius 1 is 1.17 bits per heavy atom. The zero-order valence-corrected chi connectivity index (χ0v) is 18.4. The number of rotatable bonds is 6. The van der Waals surface area contributed by atoms with Gasteiger partial charge in [-0.1, -0.05) is 26.0 Å². The SMILES string of the molecule is CC(C)c1nn(C(C)(C)C)cc1CNc1ccc(CC(=O)N2CCOCC2)cc1. The molecule has 29 heavy (non-hydrogen) atoms. The van der Waals surface area contributed by atoms with Gasteiger partial charge < -0.3 is 15.0 Å². The summed E-state index contributed by atoms with van der Waals surface area (Å²) in [7, 11) is 0. The van der Waals surface area contributed by atoms with Crippen molar-refractivity contribution in [3.63, 3.8) is 0 Å². The largest absolute Gasteiger partial charge is 0.381 e. The normalized spacial score (nSPS) is 15.0. The molecular weight excluding hydrogens is 364 g/mol. The molecule has 158 valence electrons. The fraction of sp³-hybridized carbons (Fsp3) is 0.565. The lowest BCUT2D eigenvalue weighted by atomic mass is 10.1. The second-order valence-corrected chi connectivity index (χ2v) is 9.03. The highest BCUT2D eigenvalue weighted by Gasteiger charge is 2.20. The quantitative estimate of drug-likeness (QED) is 0.805. The highest BCUT2D eigenvalue weighted by molar-refractivity contribution is 5.79. The molecule has 0 aliphatic carbocycles. The van der Waals surface area contributed by atoms with E-state index in [1.165, 1.54) is 5.56 Å². The summed E-state index contributed by atoms with van der Waals surface area (Å²) in [6.45, 7) is 14.2. The van der Waals surface area contributed by atoms with Gasteiger partial charge in [0.2, 0.25) is 5.91 Å². The number of carbonyl (C=O) groups excluding carboxylic acids is 1. The van der Waals surface area contributed by atoms with Gasteiger partial charge in [0.1, 0.15) is 0 Å². The van der Waals surface area contributed by atoms with E-state index in [1.807, 2.05) is 29.2 Å². The third kappa shape index (κ3) is 5.60. The molecule has 1 aromatic heterocycles. The third-order valence-corrected chi connectivity index (χ3v) is 5.21. The number of hydrogen-bond acceptors (Lipinski definition) is 4. The van der Waals surface area contributed by atoms with Crippen LogP contribution in [0.3, 0.4) is 0 Å². The minimum absolute atomic E-state index is 0.0312. The number of amides is 1. The van der Waals surface area contributed by atoms with Crippen molar-refractivity contribution in [3.8, 4) is 0 Å². The molecule has 3 rings (SSSR count). The molecule has 1 aliphatic heterocycles. The lowest BCUT2D eigenvalue weighted by Crippen LogP contribution is -2.41. The van der Waals surface area contributed by atoms with E-state index in [0.717, 1.165) is 23.5 Å². The number of aromatic nitrogens is 2. The van der Waals surface area contributed by atoms with Crippen molar-refractivity contribution >= 4 is 11.6 Å². The Morgan fingerprint density at radius 2 is 1.83 bits per heavy atom. The molecular formula is C23H34N4O2. The Balaban J connectivity index is 1.60. The average Bonchev–Trinajstić information content (AvgIpc) is 3.13. The van der Waals surface area contributed by atoms with Crippen LogP contribution in [0, 0.1) is 0 Å². The molecule has 1 fully saturated rings. The Bertz CT molecular complexity index is 812. The van der Waals surface area contributed by atoms with Gasteiger partial charge >= 0.3 is 0 Å². The van der Waals surface area contributed by atoms with Crippen LogP contribution < -0.4 is 5.32 Å². The van der Waals surface area contributed by atoms with Gasteiger partial charge in [-0.2, -0.15) is 5.10 Å². The Hall–Kier alpha value is -2.34. The predicted octanol–water partition coefficient (Wildman–Crippen LogP) is 3.77. The maximum atomic E-state index is 12.4. The molecule has 0 bridgehead atoms. The summed E-state index contributed by atoms with van der Waals surface area (Å²) in [6.07, 6.45) is 2.59. The van der Waals surface area contributed by atoms with Crippen LogP contribution >= 0.6 is 0 Å². The number of nitrogens with zero attached hydrogens (tertiary/aromatic N) is 3. The first-order chi connectivity index (χ1) is 13.7. The van der Waals surface area contributed by atoms with Crippen LogP contribution in [0.5, 0.6) is 0 Å². The lowest BCUT2D eigenvalue weighted by Gasteiger charge is -2.26. The number of carbonyl (C=O) groups is 1. The van der Waals surface area contributed by atoms with Crippen LogP contribution in [0.25, 0.3) is 0 Å². The van der Waals surface area contributed by atoms with Crippen LogP contribution in [-0.2, 0) is 28.0 Å². The summed E-state index contributed by atoms with van der Waals surface area (Å²) in [4.78, 5) is 14.3. The average molecular weight is 399 g/mol. The molecule has 1 amide bonds. The number of morpholine rings is 1. The van der Waals surface area contributed by atoms with Crippen molar-refractivity contribution in [2.24, 2.45) is 0 Å². The molecule has 1 aromatic carbocycles. The standard InChI is InChI=1S/C23H34N4O2/c1-17(2)22-19(16-27(25-22)23(3,4)5)15-24-20-8-6-18(7-9-20)14-21(28)26-10-12-29-13-11-26/h6-9,16-17,24H,10-15H2,1-5H3. The minimum atomic E-state index is -0.0312. The highest BCUT2D eigenvalue weighted by Crippen LogP contribution is 2.23. The molecule has 0 spiro atoms. The zero-order chi connectivity index (χ0) is 21.0. The third-order valence-electron chi connectivity index (χ3n) is 5.21. The van der Waals surface area contributed by atoms with E-state index in [2.05, 4.69) is 50.8 Å². The van der Waals surface area contributed by atoms with Crippen LogP contribution in [-0.4, -0.2) is 46.9 Å². The number of anilines is 1. The first-order valence-electron chi connectivity index (χ1n) is 10.5. The van der Waals surface area contributed by atoms with Crippen molar-refractivity contribution in [2.45, 2.75) is 59.0 Å². The number of ether oxygens (including phenoxy) is 1. The van der Waals surface area contributed by atoms with Crippen LogP contribution in [0.4, 0.5) is 5.69 Å². The van der Waals surface area contributed by atoms with Gasteiger partial charge in [0.15, 0.2) is 0 Å². The van der Waals surface area contributed by atoms with Crippen molar-refractivity contribution in [1.82, 2.24) is 14.7 Å². The number of benzene rings is 1. The fourth-order valence-electron chi connectivity index (χ4n) is 3.43. The predicted molar refractivity (Wildman–Crippen MR) is 116 cm³/mol. The van der Waals surface area contributed by atoms with E-state index in [4.69, 9.17) is 9.84 Å². The molecule has 6 heteroatoms. The summed E-state index contributed by atoms with van der Waals surface area (Å²) in [5, 5.41) is 8.31. The van der Waals surface area contributed by atoms with Gasteiger partial charge in [0.25, 0.3) is 0 Å². The molecule has 1 aliphatic rings.